The second-order valence-corrected chi connectivity index (χ2v) is 5.63. The molecule has 0 fully saturated rings. The number of alkyl halides is 3. The molecule has 0 bridgehead atoms. The molecular formula is C18H16F3NO2. The Morgan fingerprint density at radius 1 is 1.17 bits per heavy atom. The lowest BCUT2D eigenvalue weighted by Gasteiger charge is -2.30. The zero-order valence-corrected chi connectivity index (χ0v) is 13.1. The Hall–Kier alpha value is -2.50. The number of hydrogen-bond donors (Lipinski definition) is 0. The van der Waals surface area contributed by atoms with E-state index in [1.807, 2.05) is 6.07 Å². The minimum atomic E-state index is -4.47. The van der Waals surface area contributed by atoms with E-state index >= 15 is 0 Å². The number of halogens is 3. The average molecular weight is 335 g/mol. The SMILES string of the molecule is COc1ccc2c(c1)CCCN2C(=O)c1cccc(C(F)(F)F)c1. The second-order valence-electron chi connectivity index (χ2n) is 5.63. The molecule has 24 heavy (non-hydrogen) atoms. The van der Waals surface area contributed by atoms with Crippen LogP contribution in [0.3, 0.4) is 0 Å². The molecule has 0 saturated heterocycles. The molecule has 126 valence electrons. The number of carbonyl (C=O) groups excluding carboxylic acids is 1. The number of fused-ring (bicyclic) bond motifs is 1. The van der Waals surface area contributed by atoms with Crippen LogP contribution in [0.5, 0.6) is 5.75 Å². The molecule has 0 aromatic heterocycles. The Morgan fingerprint density at radius 2 is 1.96 bits per heavy atom. The van der Waals surface area contributed by atoms with E-state index in [9.17, 15) is 18.0 Å². The van der Waals surface area contributed by atoms with E-state index in [2.05, 4.69) is 0 Å². The summed E-state index contributed by atoms with van der Waals surface area (Å²) in [5.41, 5.74) is 0.902. The second kappa shape index (κ2) is 6.19. The molecule has 0 spiro atoms. The topological polar surface area (TPSA) is 29.5 Å². The van der Waals surface area contributed by atoms with Gasteiger partial charge in [0.2, 0.25) is 0 Å². The highest BCUT2D eigenvalue weighted by Crippen LogP contribution is 2.33. The van der Waals surface area contributed by atoms with E-state index in [1.54, 1.807) is 19.2 Å². The summed E-state index contributed by atoms with van der Waals surface area (Å²) in [6.45, 7) is 0.481. The fourth-order valence-electron chi connectivity index (χ4n) is 2.90. The molecule has 0 atom stereocenters. The van der Waals surface area contributed by atoms with E-state index in [0.29, 0.717) is 12.3 Å². The number of nitrogens with zero attached hydrogens (tertiary/aromatic N) is 1. The van der Waals surface area contributed by atoms with Gasteiger partial charge in [-0.25, -0.2) is 0 Å². The Bertz CT molecular complexity index is 771. The van der Waals surface area contributed by atoms with E-state index in [1.165, 1.54) is 17.0 Å². The van der Waals surface area contributed by atoms with Crippen LogP contribution in [-0.4, -0.2) is 19.6 Å². The van der Waals surface area contributed by atoms with Crippen molar-refractivity contribution in [2.24, 2.45) is 0 Å². The lowest BCUT2D eigenvalue weighted by atomic mass is 10.00. The largest absolute Gasteiger partial charge is 0.497 e. The van der Waals surface area contributed by atoms with Crippen LogP contribution < -0.4 is 9.64 Å². The summed E-state index contributed by atoms with van der Waals surface area (Å²) in [4.78, 5) is 14.3. The molecule has 0 aliphatic carbocycles. The van der Waals surface area contributed by atoms with Gasteiger partial charge in [-0.05, 0) is 54.8 Å². The van der Waals surface area contributed by atoms with Crippen molar-refractivity contribution in [3.63, 3.8) is 0 Å². The maximum Gasteiger partial charge on any atom is 0.416 e. The van der Waals surface area contributed by atoms with Crippen molar-refractivity contribution in [2.45, 2.75) is 19.0 Å². The third kappa shape index (κ3) is 3.09. The van der Waals surface area contributed by atoms with Gasteiger partial charge in [-0.3, -0.25) is 4.79 Å². The number of rotatable bonds is 2. The van der Waals surface area contributed by atoms with Crippen LogP contribution in [0, 0.1) is 0 Å². The number of hydrogen-bond acceptors (Lipinski definition) is 2. The average Bonchev–Trinajstić information content (AvgIpc) is 2.59. The lowest BCUT2D eigenvalue weighted by molar-refractivity contribution is -0.137. The van der Waals surface area contributed by atoms with Gasteiger partial charge < -0.3 is 9.64 Å². The van der Waals surface area contributed by atoms with Crippen molar-refractivity contribution in [2.75, 3.05) is 18.6 Å². The molecule has 0 radical (unpaired) electrons. The fourth-order valence-corrected chi connectivity index (χ4v) is 2.90. The zero-order valence-electron chi connectivity index (χ0n) is 13.1. The van der Waals surface area contributed by atoms with Gasteiger partial charge in [0.05, 0.1) is 12.7 Å². The van der Waals surface area contributed by atoms with Crippen LogP contribution in [0.1, 0.15) is 27.9 Å². The molecule has 0 saturated carbocycles. The van der Waals surface area contributed by atoms with Crippen molar-refractivity contribution >= 4 is 11.6 Å². The smallest absolute Gasteiger partial charge is 0.416 e. The molecule has 0 N–H and O–H groups in total. The van der Waals surface area contributed by atoms with Crippen LogP contribution >= 0.6 is 0 Å². The van der Waals surface area contributed by atoms with Gasteiger partial charge in [0.15, 0.2) is 0 Å². The highest BCUT2D eigenvalue weighted by Gasteiger charge is 2.32. The van der Waals surface area contributed by atoms with Crippen LogP contribution in [-0.2, 0) is 12.6 Å². The molecule has 2 aromatic rings. The number of aryl methyl sites for hydroxylation is 1. The Balaban J connectivity index is 1.95. The summed E-state index contributed by atoms with van der Waals surface area (Å²) < 4.78 is 43.8. The van der Waals surface area contributed by atoms with Gasteiger partial charge in [-0.2, -0.15) is 13.2 Å². The summed E-state index contributed by atoms with van der Waals surface area (Å²) in [5, 5.41) is 0. The van der Waals surface area contributed by atoms with Crippen molar-refractivity contribution in [3.05, 3.63) is 59.2 Å². The van der Waals surface area contributed by atoms with Crippen molar-refractivity contribution in [1.82, 2.24) is 0 Å². The van der Waals surface area contributed by atoms with Gasteiger partial charge in [-0.1, -0.05) is 6.07 Å². The quantitative estimate of drug-likeness (QED) is 0.819. The van der Waals surface area contributed by atoms with E-state index in [-0.39, 0.29) is 5.56 Å². The third-order valence-corrected chi connectivity index (χ3v) is 4.09. The van der Waals surface area contributed by atoms with Crippen LogP contribution in [0.25, 0.3) is 0 Å². The number of amides is 1. The number of carbonyl (C=O) groups is 1. The number of benzene rings is 2. The fraction of sp³-hybridized carbons (Fsp3) is 0.278. The lowest BCUT2D eigenvalue weighted by Crippen LogP contribution is -2.35. The molecule has 1 aliphatic heterocycles. The van der Waals surface area contributed by atoms with E-state index in [0.717, 1.165) is 36.2 Å². The van der Waals surface area contributed by atoms with Crippen LogP contribution in [0.4, 0.5) is 18.9 Å². The molecule has 1 amide bonds. The standard InChI is InChI=1S/C18H16F3NO2/c1-24-15-7-8-16-12(11-15)5-3-9-22(16)17(23)13-4-2-6-14(10-13)18(19,20)21/h2,4,6-8,10-11H,3,5,9H2,1H3. The van der Waals surface area contributed by atoms with Crippen molar-refractivity contribution in [3.8, 4) is 5.75 Å². The van der Waals surface area contributed by atoms with Crippen molar-refractivity contribution in [1.29, 1.82) is 0 Å². The molecule has 1 heterocycles. The monoisotopic (exact) mass is 335 g/mol. The molecular weight excluding hydrogens is 319 g/mol. The number of anilines is 1. The molecule has 6 heteroatoms. The highest BCUT2D eigenvalue weighted by atomic mass is 19.4. The molecule has 1 aliphatic rings. The number of ether oxygens (including phenoxy) is 1. The summed E-state index contributed by atoms with van der Waals surface area (Å²) >= 11 is 0. The Kier molecular flexibility index (Phi) is 4.22. The maximum atomic E-state index is 12.9. The van der Waals surface area contributed by atoms with E-state index in [4.69, 9.17) is 4.74 Å². The third-order valence-electron chi connectivity index (χ3n) is 4.09. The predicted molar refractivity (Wildman–Crippen MR) is 84.4 cm³/mol. The first-order valence-corrected chi connectivity index (χ1v) is 7.56. The summed E-state index contributed by atoms with van der Waals surface area (Å²) in [6.07, 6.45) is -2.91. The Labute approximate surface area is 137 Å². The highest BCUT2D eigenvalue weighted by molar-refractivity contribution is 6.06. The number of methoxy groups -OCH3 is 1. The first-order valence-electron chi connectivity index (χ1n) is 7.56. The molecule has 3 rings (SSSR count). The Morgan fingerprint density at radius 3 is 2.67 bits per heavy atom. The van der Waals surface area contributed by atoms with Gasteiger partial charge in [-0.15, -0.1) is 0 Å². The van der Waals surface area contributed by atoms with Gasteiger partial charge in [0, 0.05) is 17.8 Å². The summed E-state index contributed by atoms with van der Waals surface area (Å²) in [5.74, 6) is 0.273. The zero-order chi connectivity index (χ0) is 17.3. The first kappa shape index (κ1) is 16.4. The van der Waals surface area contributed by atoms with Gasteiger partial charge >= 0.3 is 6.18 Å². The summed E-state index contributed by atoms with van der Waals surface area (Å²) in [7, 11) is 1.57. The van der Waals surface area contributed by atoms with E-state index < -0.39 is 17.6 Å². The normalized spacial score (nSPS) is 14.2. The first-order chi connectivity index (χ1) is 11.4. The van der Waals surface area contributed by atoms with Crippen molar-refractivity contribution < 1.29 is 22.7 Å². The van der Waals surface area contributed by atoms with Gasteiger partial charge in [0.1, 0.15) is 5.75 Å². The predicted octanol–water partition coefficient (Wildman–Crippen LogP) is 4.31. The van der Waals surface area contributed by atoms with Gasteiger partial charge in [0.25, 0.3) is 5.91 Å². The minimum Gasteiger partial charge on any atom is -0.497 e. The molecule has 3 nitrogen and oxygen atoms in total. The molecule has 0 unspecified atom stereocenters. The molecule has 2 aromatic carbocycles. The minimum absolute atomic E-state index is 0.0356. The van der Waals surface area contributed by atoms with Crippen LogP contribution in [0.15, 0.2) is 42.5 Å². The summed E-state index contributed by atoms with van der Waals surface area (Å²) in [6, 6.07) is 9.92. The maximum absolute atomic E-state index is 12.9. The van der Waals surface area contributed by atoms with Crippen LogP contribution in [0.2, 0.25) is 0 Å².